The molecule has 3 nitrogen and oxygen atoms in total. The molecule has 3 rings (SSSR count). The van der Waals surface area contributed by atoms with Crippen molar-refractivity contribution in [2.75, 3.05) is 0 Å². The van der Waals surface area contributed by atoms with Gasteiger partial charge in [0.25, 0.3) is 0 Å². The normalized spacial score (nSPS) is 12.5. The highest BCUT2D eigenvalue weighted by molar-refractivity contribution is 7.11. The third-order valence-corrected chi connectivity index (χ3v) is 5.15. The van der Waals surface area contributed by atoms with E-state index >= 15 is 0 Å². The SMILES string of the molecule is Cc1ncc(CNC(C)c2nc(-c3ccccc3)cs2)s1. The average Bonchev–Trinajstić information content (AvgIpc) is 3.15. The molecule has 0 saturated carbocycles. The third kappa shape index (κ3) is 3.56. The Morgan fingerprint density at radius 1 is 1.24 bits per heavy atom. The molecule has 0 spiro atoms. The highest BCUT2D eigenvalue weighted by Crippen LogP contribution is 2.25. The van der Waals surface area contributed by atoms with Crippen molar-refractivity contribution in [2.24, 2.45) is 0 Å². The van der Waals surface area contributed by atoms with Gasteiger partial charge in [0, 0.05) is 28.6 Å². The zero-order valence-electron chi connectivity index (χ0n) is 12.0. The standard InChI is InChI=1S/C16H17N3S2/c1-11(17-8-14-9-18-12(2)21-14)16-19-15(10-20-16)13-6-4-3-5-7-13/h3-7,9-11,17H,8H2,1-2H3. The van der Waals surface area contributed by atoms with E-state index in [4.69, 9.17) is 4.98 Å². The number of benzene rings is 1. The summed E-state index contributed by atoms with van der Waals surface area (Å²) in [7, 11) is 0. The van der Waals surface area contributed by atoms with Gasteiger partial charge >= 0.3 is 0 Å². The van der Waals surface area contributed by atoms with Gasteiger partial charge in [0.05, 0.1) is 16.7 Å². The molecule has 0 fully saturated rings. The molecule has 2 heterocycles. The number of aromatic nitrogens is 2. The lowest BCUT2D eigenvalue weighted by Crippen LogP contribution is -2.17. The first kappa shape index (κ1) is 14.4. The van der Waals surface area contributed by atoms with Crippen LogP contribution < -0.4 is 5.32 Å². The molecule has 1 aromatic carbocycles. The van der Waals surface area contributed by atoms with Crippen molar-refractivity contribution in [3.63, 3.8) is 0 Å². The molecular formula is C16H17N3S2. The number of aryl methyl sites for hydroxylation is 1. The summed E-state index contributed by atoms with van der Waals surface area (Å²) in [5.74, 6) is 0. The maximum absolute atomic E-state index is 4.74. The van der Waals surface area contributed by atoms with Crippen molar-refractivity contribution in [1.82, 2.24) is 15.3 Å². The van der Waals surface area contributed by atoms with Crippen molar-refractivity contribution in [2.45, 2.75) is 26.4 Å². The first-order valence-corrected chi connectivity index (χ1v) is 8.57. The van der Waals surface area contributed by atoms with E-state index in [9.17, 15) is 0 Å². The fraction of sp³-hybridized carbons (Fsp3) is 0.250. The van der Waals surface area contributed by atoms with Gasteiger partial charge in [-0.15, -0.1) is 22.7 Å². The Morgan fingerprint density at radius 2 is 2.05 bits per heavy atom. The molecule has 0 radical (unpaired) electrons. The highest BCUT2D eigenvalue weighted by atomic mass is 32.1. The number of nitrogens with zero attached hydrogens (tertiary/aromatic N) is 2. The monoisotopic (exact) mass is 315 g/mol. The van der Waals surface area contributed by atoms with Gasteiger partial charge in [0.1, 0.15) is 5.01 Å². The minimum Gasteiger partial charge on any atom is -0.303 e. The summed E-state index contributed by atoms with van der Waals surface area (Å²) in [6.07, 6.45) is 1.94. The molecule has 1 atom stereocenters. The highest BCUT2D eigenvalue weighted by Gasteiger charge is 2.11. The predicted octanol–water partition coefficient (Wildman–Crippen LogP) is 4.43. The van der Waals surface area contributed by atoms with Gasteiger partial charge in [-0.3, -0.25) is 0 Å². The Bertz CT molecular complexity index is 703. The van der Waals surface area contributed by atoms with Gasteiger partial charge in [-0.1, -0.05) is 30.3 Å². The smallest absolute Gasteiger partial charge is 0.110 e. The van der Waals surface area contributed by atoms with Crippen LogP contribution in [0.15, 0.2) is 41.9 Å². The molecule has 0 amide bonds. The van der Waals surface area contributed by atoms with Gasteiger partial charge in [-0.05, 0) is 13.8 Å². The number of nitrogens with one attached hydrogen (secondary N) is 1. The number of rotatable bonds is 5. The molecule has 1 N–H and O–H groups in total. The van der Waals surface area contributed by atoms with E-state index in [0.29, 0.717) is 0 Å². The van der Waals surface area contributed by atoms with Crippen LogP contribution in [-0.4, -0.2) is 9.97 Å². The van der Waals surface area contributed by atoms with Crippen LogP contribution in [0.2, 0.25) is 0 Å². The average molecular weight is 315 g/mol. The van der Waals surface area contributed by atoms with Crippen LogP contribution in [0.1, 0.15) is 27.9 Å². The molecule has 0 bridgehead atoms. The van der Waals surface area contributed by atoms with Crippen LogP contribution in [0.4, 0.5) is 0 Å². The minimum atomic E-state index is 0.245. The lowest BCUT2D eigenvalue weighted by molar-refractivity contribution is 0.576. The molecule has 0 aliphatic carbocycles. The van der Waals surface area contributed by atoms with Gasteiger partial charge in [-0.2, -0.15) is 0 Å². The molecule has 3 aromatic rings. The van der Waals surface area contributed by atoms with E-state index in [-0.39, 0.29) is 6.04 Å². The van der Waals surface area contributed by atoms with Crippen molar-refractivity contribution >= 4 is 22.7 Å². The topological polar surface area (TPSA) is 37.8 Å². The zero-order chi connectivity index (χ0) is 14.7. The summed E-state index contributed by atoms with van der Waals surface area (Å²) in [6, 6.07) is 10.5. The van der Waals surface area contributed by atoms with Gasteiger partial charge < -0.3 is 5.32 Å². The fourth-order valence-corrected chi connectivity index (χ4v) is 3.66. The molecule has 1 unspecified atom stereocenters. The van der Waals surface area contributed by atoms with Crippen LogP contribution in [0.3, 0.4) is 0 Å². The molecular weight excluding hydrogens is 298 g/mol. The minimum absolute atomic E-state index is 0.245. The number of thiazole rings is 2. The van der Waals surface area contributed by atoms with E-state index in [0.717, 1.165) is 22.3 Å². The van der Waals surface area contributed by atoms with Gasteiger partial charge in [-0.25, -0.2) is 9.97 Å². The van der Waals surface area contributed by atoms with E-state index in [1.54, 1.807) is 22.7 Å². The summed E-state index contributed by atoms with van der Waals surface area (Å²) in [6.45, 7) is 5.03. The third-order valence-electron chi connectivity index (χ3n) is 3.21. The van der Waals surface area contributed by atoms with E-state index in [1.807, 2.05) is 31.3 Å². The van der Waals surface area contributed by atoms with E-state index in [1.165, 1.54) is 10.4 Å². The van der Waals surface area contributed by atoms with Gasteiger partial charge in [0.2, 0.25) is 0 Å². The predicted molar refractivity (Wildman–Crippen MR) is 89.7 cm³/mol. The van der Waals surface area contributed by atoms with E-state index < -0.39 is 0 Å². The summed E-state index contributed by atoms with van der Waals surface area (Å²) >= 11 is 3.44. The van der Waals surface area contributed by atoms with Crippen LogP contribution >= 0.6 is 22.7 Å². The molecule has 0 saturated heterocycles. The lowest BCUT2D eigenvalue weighted by atomic mass is 10.2. The van der Waals surface area contributed by atoms with Crippen LogP contribution in [0.5, 0.6) is 0 Å². The second-order valence-electron chi connectivity index (χ2n) is 4.89. The van der Waals surface area contributed by atoms with Gasteiger partial charge in [0.15, 0.2) is 0 Å². The van der Waals surface area contributed by atoms with Crippen molar-refractivity contribution in [3.8, 4) is 11.3 Å². The van der Waals surface area contributed by atoms with Crippen molar-refractivity contribution in [3.05, 3.63) is 56.8 Å². The van der Waals surface area contributed by atoms with Crippen molar-refractivity contribution in [1.29, 1.82) is 0 Å². The summed E-state index contributed by atoms with van der Waals surface area (Å²) in [5, 5.41) is 7.87. The summed E-state index contributed by atoms with van der Waals surface area (Å²) in [4.78, 5) is 10.3. The Labute approximate surface area is 132 Å². The van der Waals surface area contributed by atoms with Crippen LogP contribution in [0, 0.1) is 6.92 Å². The Hall–Kier alpha value is -1.56. The van der Waals surface area contributed by atoms with Crippen LogP contribution in [-0.2, 0) is 6.54 Å². The number of hydrogen-bond donors (Lipinski definition) is 1. The molecule has 0 aliphatic heterocycles. The Balaban J connectivity index is 1.65. The van der Waals surface area contributed by atoms with Crippen LogP contribution in [0.25, 0.3) is 11.3 Å². The molecule has 108 valence electrons. The maximum atomic E-state index is 4.74. The quantitative estimate of drug-likeness (QED) is 0.757. The van der Waals surface area contributed by atoms with E-state index in [2.05, 4.69) is 34.7 Å². The molecule has 21 heavy (non-hydrogen) atoms. The molecule has 2 aromatic heterocycles. The Morgan fingerprint density at radius 3 is 2.76 bits per heavy atom. The lowest BCUT2D eigenvalue weighted by Gasteiger charge is -2.09. The first-order chi connectivity index (χ1) is 10.2. The number of hydrogen-bond acceptors (Lipinski definition) is 5. The zero-order valence-corrected chi connectivity index (χ0v) is 13.7. The summed E-state index contributed by atoms with van der Waals surface area (Å²) in [5.41, 5.74) is 2.23. The fourth-order valence-electron chi connectivity index (χ4n) is 2.06. The summed E-state index contributed by atoms with van der Waals surface area (Å²) < 4.78 is 0. The van der Waals surface area contributed by atoms with Crippen molar-refractivity contribution < 1.29 is 0 Å². The second kappa shape index (κ2) is 6.47. The Kier molecular flexibility index (Phi) is 4.43. The largest absolute Gasteiger partial charge is 0.303 e. The second-order valence-corrected chi connectivity index (χ2v) is 7.09. The molecule has 5 heteroatoms. The molecule has 0 aliphatic rings. The first-order valence-electron chi connectivity index (χ1n) is 6.88. The maximum Gasteiger partial charge on any atom is 0.110 e.